The Morgan fingerprint density at radius 3 is 2.52 bits per heavy atom. The lowest BCUT2D eigenvalue weighted by atomic mass is 9.65. The van der Waals surface area contributed by atoms with Gasteiger partial charge in [-0.15, -0.1) is 0 Å². The predicted octanol–water partition coefficient (Wildman–Crippen LogP) is 3.51. The van der Waals surface area contributed by atoms with Gasteiger partial charge in [-0.05, 0) is 49.4 Å². The average molecular weight is 295 g/mol. The number of ether oxygens (including phenoxy) is 2. The van der Waals surface area contributed by atoms with Gasteiger partial charge >= 0.3 is 0 Å². The molecule has 2 heterocycles. The van der Waals surface area contributed by atoms with Crippen molar-refractivity contribution in [3.8, 4) is 0 Å². The molecule has 0 aromatic carbocycles. The fourth-order valence-electron chi connectivity index (χ4n) is 5.30. The molecule has 2 N–H and O–H groups in total. The Labute approximate surface area is 129 Å². The summed E-state index contributed by atoms with van der Waals surface area (Å²) in [6, 6.07) is 0.351. The second-order valence-corrected chi connectivity index (χ2v) is 8.28. The van der Waals surface area contributed by atoms with Gasteiger partial charge in [0.05, 0.1) is 12.2 Å². The Bertz CT molecular complexity index is 343. The highest BCUT2D eigenvalue weighted by Gasteiger charge is 2.48. The summed E-state index contributed by atoms with van der Waals surface area (Å²) in [4.78, 5) is 0. The van der Waals surface area contributed by atoms with Crippen molar-refractivity contribution in [1.82, 2.24) is 0 Å². The molecule has 0 radical (unpaired) electrons. The highest BCUT2D eigenvalue weighted by atomic mass is 16.6. The summed E-state index contributed by atoms with van der Waals surface area (Å²) in [5, 5.41) is 0. The van der Waals surface area contributed by atoms with Crippen LogP contribution < -0.4 is 5.73 Å². The van der Waals surface area contributed by atoms with Crippen LogP contribution in [0.2, 0.25) is 0 Å². The van der Waals surface area contributed by atoms with Gasteiger partial charge in [0, 0.05) is 25.7 Å². The third kappa shape index (κ3) is 3.16. The smallest absolute Gasteiger partial charge is 0.0939 e. The molecule has 3 rings (SSSR count). The van der Waals surface area contributed by atoms with Crippen molar-refractivity contribution in [3.63, 3.8) is 0 Å². The Morgan fingerprint density at radius 1 is 1.14 bits per heavy atom. The first-order valence-electron chi connectivity index (χ1n) is 9.03. The molecule has 3 nitrogen and oxygen atoms in total. The van der Waals surface area contributed by atoms with Gasteiger partial charge in [-0.1, -0.05) is 26.7 Å². The molecule has 0 amide bonds. The molecule has 0 bridgehead atoms. The molecular weight excluding hydrogens is 262 g/mol. The summed E-state index contributed by atoms with van der Waals surface area (Å²) in [5.74, 6) is 1.37. The first kappa shape index (κ1) is 15.8. The van der Waals surface area contributed by atoms with E-state index >= 15 is 0 Å². The second kappa shape index (κ2) is 6.17. The molecule has 3 heteroatoms. The minimum atomic E-state index is -0.00182. The topological polar surface area (TPSA) is 44.5 Å². The average Bonchev–Trinajstić information content (AvgIpc) is 3.08. The molecule has 2 saturated heterocycles. The molecule has 0 aromatic heterocycles. The largest absolute Gasteiger partial charge is 0.378 e. The van der Waals surface area contributed by atoms with Gasteiger partial charge in [0.2, 0.25) is 0 Å². The van der Waals surface area contributed by atoms with E-state index in [9.17, 15) is 0 Å². The zero-order valence-electron chi connectivity index (χ0n) is 13.9. The maximum absolute atomic E-state index is 6.89. The summed E-state index contributed by atoms with van der Waals surface area (Å²) in [6.07, 6.45) is 10.1. The molecule has 2 aliphatic heterocycles. The van der Waals surface area contributed by atoms with Crippen LogP contribution in [0, 0.1) is 17.3 Å². The molecule has 3 aliphatic rings. The molecule has 3 unspecified atom stereocenters. The summed E-state index contributed by atoms with van der Waals surface area (Å²) < 4.78 is 11.7. The number of nitrogens with two attached hydrogens (primary N) is 1. The molecule has 1 spiro atoms. The van der Waals surface area contributed by atoms with Gasteiger partial charge in [-0.25, -0.2) is 0 Å². The van der Waals surface area contributed by atoms with E-state index in [-0.39, 0.29) is 5.60 Å². The van der Waals surface area contributed by atoms with Crippen molar-refractivity contribution in [1.29, 1.82) is 0 Å². The molecule has 0 aromatic rings. The van der Waals surface area contributed by atoms with Gasteiger partial charge in [0.15, 0.2) is 0 Å². The summed E-state index contributed by atoms with van der Waals surface area (Å²) >= 11 is 0. The fraction of sp³-hybridized carbons (Fsp3) is 1.00. The number of hydrogen-bond acceptors (Lipinski definition) is 3. The summed E-state index contributed by atoms with van der Waals surface area (Å²) in [5.41, 5.74) is 7.29. The van der Waals surface area contributed by atoms with Crippen LogP contribution in [0.5, 0.6) is 0 Å². The van der Waals surface area contributed by atoms with E-state index in [0.29, 0.717) is 17.4 Å². The van der Waals surface area contributed by atoms with Crippen LogP contribution in [0.1, 0.15) is 65.2 Å². The number of hydrogen-bond donors (Lipinski definition) is 1. The van der Waals surface area contributed by atoms with Crippen LogP contribution in [0.15, 0.2) is 0 Å². The van der Waals surface area contributed by atoms with E-state index in [1.165, 1.54) is 32.1 Å². The minimum absolute atomic E-state index is 0.00182. The van der Waals surface area contributed by atoms with Crippen LogP contribution in [0.4, 0.5) is 0 Å². The first-order chi connectivity index (χ1) is 10.1. The molecule has 3 fully saturated rings. The monoisotopic (exact) mass is 295 g/mol. The Kier molecular flexibility index (Phi) is 4.63. The van der Waals surface area contributed by atoms with Gasteiger partial charge < -0.3 is 15.2 Å². The van der Waals surface area contributed by atoms with Crippen LogP contribution in [-0.2, 0) is 9.47 Å². The maximum atomic E-state index is 6.89. The summed E-state index contributed by atoms with van der Waals surface area (Å²) in [6.45, 7) is 7.22. The maximum Gasteiger partial charge on any atom is 0.0939 e. The number of rotatable bonds is 4. The van der Waals surface area contributed by atoms with Crippen LogP contribution >= 0.6 is 0 Å². The molecule has 122 valence electrons. The van der Waals surface area contributed by atoms with Gasteiger partial charge in [0.1, 0.15) is 0 Å². The van der Waals surface area contributed by atoms with Crippen LogP contribution in [-0.4, -0.2) is 31.5 Å². The Morgan fingerprint density at radius 2 is 1.90 bits per heavy atom. The van der Waals surface area contributed by atoms with Gasteiger partial charge in [-0.3, -0.25) is 0 Å². The van der Waals surface area contributed by atoms with Crippen LogP contribution in [0.25, 0.3) is 0 Å². The van der Waals surface area contributed by atoms with E-state index in [4.69, 9.17) is 15.2 Å². The summed E-state index contributed by atoms with van der Waals surface area (Å²) in [7, 11) is 0. The quantitative estimate of drug-likeness (QED) is 0.863. The third-order valence-corrected chi connectivity index (χ3v) is 6.23. The Balaban J connectivity index is 1.71. The second-order valence-electron chi connectivity index (χ2n) is 8.28. The van der Waals surface area contributed by atoms with Crippen molar-refractivity contribution in [2.24, 2.45) is 23.0 Å². The van der Waals surface area contributed by atoms with Crippen molar-refractivity contribution < 1.29 is 9.47 Å². The third-order valence-electron chi connectivity index (χ3n) is 6.23. The molecule has 21 heavy (non-hydrogen) atoms. The molecule has 3 atom stereocenters. The normalized spacial score (nSPS) is 37.4. The Hall–Kier alpha value is -0.120. The van der Waals surface area contributed by atoms with E-state index in [1.54, 1.807) is 0 Å². The van der Waals surface area contributed by atoms with Crippen molar-refractivity contribution in [2.45, 2.75) is 76.9 Å². The zero-order chi connectivity index (χ0) is 14.9. The van der Waals surface area contributed by atoms with E-state index in [1.807, 2.05) is 0 Å². The van der Waals surface area contributed by atoms with Crippen molar-refractivity contribution in [2.75, 3.05) is 19.8 Å². The standard InChI is InChI=1S/C18H33NO2/c1-14(2)11-17(6-3-4-7-17)16(19)15-5-9-21-18(12-15)8-10-20-13-18/h14-16H,3-13,19H2,1-2H3. The zero-order valence-corrected chi connectivity index (χ0v) is 13.9. The van der Waals surface area contributed by atoms with Gasteiger partial charge in [-0.2, -0.15) is 0 Å². The van der Waals surface area contributed by atoms with E-state index in [2.05, 4.69) is 13.8 Å². The van der Waals surface area contributed by atoms with Crippen LogP contribution in [0.3, 0.4) is 0 Å². The minimum Gasteiger partial charge on any atom is -0.378 e. The lowest BCUT2D eigenvalue weighted by Crippen LogP contribution is -2.52. The van der Waals surface area contributed by atoms with Crippen molar-refractivity contribution in [3.05, 3.63) is 0 Å². The van der Waals surface area contributed by atoms with Gasteiger partial charge in [0.25, 0.3) is 0 Å². The lowest BCUT2D eigenvalue weighted by Gasteiger charge is -2.46. The highest BCUT2D eigenvalue weighted by Crippen LogP contribution is 2.50. The molecule has 1 aliphatic carbocycles. The SMILES string of the molecule is CC(C)CC1(C(N)C2CCOC3(CCOC3)C2)CCCC1. The molecular formula is C18H33NO2. The van der Waals surface area contributed by atoms with E-state index < -0.39 is 0 Å². The fourth-order valence-corrected chi connectivity index (χ4v) is 5.30. The highest BCUT2D eigenvalue weighted by molar-refractivity contribution is 5.01. The van der Waals surface area contributed by atoms with E-state index in [0.717, 1.165) is 45.0 Å². The predicted molar refractivity (Wildman–Crippen MR) is 85.2 cm³/mol. The molecule has 1 saturated carbocycles. The van der Waals surface area contributed by atoms with Crippen molar-refractivity contribution >= 4 is 0 Å². The lowest BCUT2D eigenvalue weighted by molar-refractivity contribution is -0.108. The first-order valence-corrected chi connectivity index (χ1v) is 9.03.